The van der Waals surface area contributed by atoms with Gasteiger partial charge in [-0.25, -0.2) is 4.98 Å². The van der Waals surface area contributed by atoms with Gasteiger partial charge in [-0.2, -0.15) is 0 Å². The van der Waals surface area contributed by atoms with Crippen molar-refractivity contribution >= 4 is 39.3 Å². The number of ether oxygens (including phenoxy) is 1. The number of halogens is 1. The SMILES string of the molecule is CC(=O)Oc1ccc(N(CCN(C)C(C)=O)c2ccc(Br)cc2)nc1. The Balaban J connectivity index is 2.25. The number of carbonyl (C=O) groups excluding carboxylic acids is 2. The number of hydrogen-bond acceptors (Lipinski definition) is 5. The molecule has 0 radical (unpaired) electrons. The summed E-state index contributed by atoms with van der Waals surface area (Å²) in [7, 11) is 1.76. The van der Waals surface area contributed by atoms with Gasteiger partial charge in [-0.3, -0.25) is 9.59 Å². The maximum absolute atomic E-state index is 11.5. The summed E-state index contributed by atoms with van der Waals surface area (Å²) in [4.78, 5) is 30.5. The molecule has 132 valence electrons. The third kappa shape index (κ3) is 5.56. The lowest BCUT2D eigenvalue weighted by Gasteiger charge is -2.26. The van der Waals surface area contributed by atoms with Crippen molar-refractivity contribution in [2.75, 3.05) is 25.0 Å². The summed E-state index contributed by atoms with van der Waals surface area (Å²) in [6.45, 7) is 4.02. The van der Waals surface area contributed by atoms with Crippen molar-refractivity contribution in [3.63, 3.8) is 0 Å². The first-order chi connectivity index (χ1) is 11.9. The molecule has 0 bridgehead atoms. The predicted octanol–water partition coefficient (Wildman–Crippen LogP) is 3.39. The van der Waals surface area contributed by atoms with E-state index in [2.05, 4.69) is 20.9 Å². The monoisotopic (exact) mass is 405 g/mol. The molecule has 1 aromatic heterocycles. The quantitative estimate of drug-likeness (QED) is 0.689. The molecule has 2 aromatic rings. The number of hydrogen-bond donors (Lipinski definition) is 0. The normalized spacial score (nSPS) is 10.2. The molecule has 1 heterocycles. The standard InChI is InChI=1S/C18H20BrN3O3/c1-13(23)21(3)10-11-22(16-6-4-15(19)5-7-16)18-9-8-17(12-20-18)25-14(2)24/h4-9,12H,10-11H2,1-3H3. The molecule has 1 aromatic carbocycles. The van der Waals surface area contributed by atoms with Crippen LogP contribution in [0.25, 0.3) is 0 Å². The van der Waals surface area contributed by atoms with E-state index in [-0.39, 0.29) is 11.9 Å². The van der Waals surface area contributed by atoms with Crippen molar-refractivity contribution in [2.24, 2.45) is 0 Å². The van der Waals surface area contributed by atoms with Gasteiger partial charge in [0.05, 0.1) is 6.20 Å². The summed E-state index contributed by atoms with van der Waals surface area (Å²) >= 11 is 3.43. The average molecular weight is 406 g/mol. The molecule has 0 fully saturated rings. The van der Waals surface area contributed by atoms with E-state index < -0.39 is 0 Å². The lowest BCUT2D eigenvalue weighted by Crippen LogP contribution is -2.33. The van der Waals surface area contributed by atoms with Crippen LogP contribution in [0.4, 0.5) is 11.5 Å². The number of nitrogens with zero attached hydrogens (tertiary/aromatic N) is 3. The second-order valence-electron chi connectivity index (χ2n) is 5.51. The van der Waals surface area contributed by atoms with E-state index in [4.69, 9.17) is 4.74 Å². The summed E-state index contributed by atoms with van der Waals surface area (Å²) in [6.07, 6.45) is 1.51. The minimum atomic E-state index is -0.387. The van der Waals surface area contributed by atoms with Crippen molar-refractivity contribution < 1.29 is 14.3 Å². The van der Waals surface area contributed by atoms with Crippen molar-refractivity contribution in [1.29, 1.82) is 0 Å². The number of likely N-dealkylation sites (N-methyl/N-ethyl adjacent to an activating group) is 1. The largest absolute Gasteiger partial charge is 0.425 e. The molecule has 2 rings (SSSR count). The number of aromatic nitrogens is 1. The Morgan fingerprint density at radius 3 is 2.28 bits per heavy atom. The average Bonchev–Trinajstić information content (AvgIpc) is 2.57. The van der Waals surface area contributed by atoms with Gasteiger partial charge in [0.2, 0.25) is 5.91 Å². The van der Waals surface area contributed by atoms with E-state index in [1.165, 1.54) is 20.0 Å². The van der Waals surface area contributed by atoms with Crippen molar-refractivity contribution in [3.05, 3.63) is 47.1 Å². The molecule has 7 heteroatoms. The van der Waals surface area contributed by atoms with Gasteiger partial charge in [0, 0.05) is 44.1 Å². The zero-order valence-corrected chi connectivity index (χ0v) is 16.0. The van der Waals surface area contributed by atoms with Crippen LogP contribution in [-0.2, 0) is 9.59 Å². The van der Waals surface area contributed by atoms with Gasteiger partial charge in [-0.15, -0.1) is 0 Å². The summed E-state index contributed by atoms with van der Waals surface area (Å²) < 4.78 is 6.00. The summed E-state index contributed by atoms with van der Waals surface area (Å²) in [5, 5.41) is 0. The van der Waals surface area contributed by atoms with E-state index in [0.29, 0.717) is 24.7 Å². The minimum absolute atomic E-state index is 0.00826. The first-order valence-corrected chi connectivity index (χ1v) is 8.55. The van der Waals surface area contributed by atoms with E-state index in [0.717, 1.165) is 10.2 Å². The Morgan fingerprint density at radius 1 is 1.08 bits per heavy atom. The van der Waals surface area contributed by atoms with Crippen LogP contribution in [-0.4, -0.2) is 41.9 Å². The van der Waals surface area contributed by atoms with Crippen molar-refractivity contribution in [2.45, 2.75) is 13.8 Å². The summed E-state index contributed by atoms with van der Waals surface area (Å²) in [5.41, 5.74) is 0.952. The number of rotatable bonds is 6. The number of anilines is 2. The Labute approximate surface area is 155 Å². The van der Waals surface area contributed by atoms with Gasteiger partial charge < -0.3 is 14.5 Å². The van der Waals surface area contributed by atoms with Gasteiger partial charge in [-0.1, -0.05) is 15.9 Å². The molecule has 0 aliphatic heterocycles. The van der Waals surface area contributed by atoms with E-state index in [9.17, 15) is 9.59 Å². The molecule has 0 N–H and O–H groups in total. The molecule has 1 amide bonds. The molecule has 0 spiro atoms. The maximum Gasteiger partial charge on any atom is 0.308 e. The molecule has 0 saturated heterocycles. The first-order valence-electron chi connectivity index (χ1n) is 7.76. The lowest BCUT2D eigenvalue weighted by molar-refractivity contribution is -0.132. The first kappa shape index (κ1) is 18.9. The van der Waals surface area contributed by atoms with Crippen LogP contribution >= 0.6 is 15.9 Å². The topological polar surface area (TPSA) is 62.7 Å². The highest BCUT2D eigenvalue weighted by Gasteiger charge is 2.13. The number of carbonyl (C=O) groups is 2. The molecule has 0 aliphatic carbocycles. The summed E-state index contributed by atoms with van der Waals surface area (Å²) in [6, 6.07) is 11.3. The van der Waals surface area contributed by atoms with E-state index >= 15 is 0 Å². The third-order valence-corrected chi connectivity index (χ3v) is 4.12. The Morgan fingerprint density at radius 2 is 1.76 bits per heavy atom. The molecule has 0 unspecified atom stereocenters. The van der Waals surface area contributed by atoms with E-state index in [1.807, 2.05) is 29.2 Å². The molecular weight excluding hydrogens is 386 g/mol. The molecule has 25 heavy (non-hydrogen) atoms. The fourth-order valence-corrected chi connectivity index (χ4v) is 2.43. The molecule has 0 atom stereocenters. The van der Waals surface area contributed by atoms with Crippen molar-refractivity contribution in [1.82, 2.24) is 9.88 Å². The van der Waals surface area contributed by atoms with Gasteiger partial charge in [0.15, 0.2) is 0 Å². The van der Waals surface area contributed by atoms with Gasteiger partial charge >= 0.3 is 5.97 Å². The molecule has 6 nitrogen and oxygen atoms in total. The highest BCUT2D eigenvalue weighted by Crippen LogP contribution is 2.26. The fraction of sp³-hybridized carbons (Fsp3) is 0.278. The lowest BCUT2D eigenvalue weighted by atomic mass is 10.2. The number of pyridine rings is 1. The Bertz CT molecular complexity index is 732. The minimum Gasteiger partial charge on any atom is -0.425 e. The van der Waals surface area contributed by atoms with Crippen LogP contribution in [0.5, 0.6) is 5.75 Å². The number of amides is 1. The molecule has 0 aliphatic rings. The number of benzene rings is 1. The zero-order valence-electron chi connectivity index (χ0n) is 14.4. The van der Waals surface area contributed by atoms with Crippen LogP contribution in [0.1, 0.15) is 13.8 Å². The second kappa shape index (κ2) is 8.62. The maximum atomic E-state index is 11.5. The van der Waals surface area contributed by atoms with Crippen LogP contribution in [0.15, 0.2) is 47.1 Å². The van der Waals surface area contributed by atoms with E-state index in [1.54, 1.807) is 24.1 Å². The predicted molar refractivity (Wildman–Crippen MR) is 100 cm³/mol. The fourth-order valence-electron chi connectivity index (χ4n) is 2.16. The number of esters is 1. The Kier molecular flexibility index (Phi) is 6.52. The van der Waals surface area contributed by atoms with Crippen LogP contribution < -0.4 is 9.64 Å². The second-order valence-corrected chi connectivity index (χ2v) is 6.43. The van der Waals surface area contributed by atoms with Gasteiger partial charge in [0.25, 0.3) is 0 Å². The molecule has 0 saturated carbocycles. The van der Waals surface area contributed by atoms with Crippen LogP contribution in [0.2, 0.25) is 0 Å². The van der Waals surface area contributed by atoms with Crippen LogP contribution in [0.3, 0.4) is 0 Å². The van der Waals surface area contributed by atoms with Gasteiger partial charge in [0.1, 0.15) is 11.6 Å². The zero-order chi connectivity index (χ0) is 18.4. The Hall–Kier alpha value is -2.41. The highest BCUT2D eigenvalue weighted by atomic mass is 79.9. The van der Waals surface area contributed by atoms with Crippen LogP contribution in [0, 0.1) is 0 Å². The molecular formula is C18H20BrN3O3. The third-order valence-electron chi connectivity index (χ3n) is 3.59. The summed E-state index contributed by atoms with van der Waals surface area (Å²) in [5.74, 6) is 0.722. The van der Waals surface area contributed by atoms with Gasteiger partial charge in [-0.05, 0) is 36.4 Å². The smallest absolute Gasteiger partial charge is 0.308 e. The van der Waals surface area contributed by atoms with Crippen molar-refractivity contribution in [3.8, 4) is 5.75 Å². The highest BCUT2D eigenvalue weighted by molar-refractivity contribution is 9.10.